The Balaban J connectivity index is 2.69. The smallest absolute Gasteiger partial charge is 0.0572 e. The van der Waals surface area contributed by atoms with Gasteiger partial charge >= 0.3 is 0 Å². The Morgan fingerprint density at radius 3 is 1.82 bits per heavy atom. The molecule has 11 heavy (non-hydrogen) atoms. The number of thiol groups is 2. The molecule has 1 aliphatic rings. The molecule has 0 fully saturated rings. The Labute approximate surface area is 87.8 Å². The van der Waals surface area contributed by atoms with Gasteiger partial charge in [-0.3, -0.25) is 0 Å². The number of hydrogen-bond donors (Lipinski definition) is 2. The van der Waals surface area contributed by atoms with E-state index in [1.54, 1.807) is 0 Å². The first kappa shape index (κ1) is 10.2. The summed E-state index contributed by atoms with van der Waals surface area (Å²) in [4.78, 5) is 0. The normalized spacial score (nSPS) is 33.8. The molecule has 0 amide bonds. The molecular weight excluding hydrogens is 212 g/mol. The van der Waals surface area contributed by atoms with Crippen LogP contribution in [0.25, 0.3) is 0 Å². The van der Waals surface area contributed by atoms with Gasteiger partial charge in [0.2, 0.25) is 0 Å². The van der Waals surface area contributed by atoms with Gasteiger partial charge < -0.3 is 0 Å². The third kappa shape index (κ3) is 3.17. The molecule has 0 saturated heterocycles. The zero-order valence-corrected chi connectivity index (χ0v) is 9.99. The molecule has 0 spiro atoms. The van der Waals surface area contributed by atoms with Crippen LogP contribution in [0.4, 0.5) is 0 Å². The summed E-state index contributed by atoms with van der Waals surface area (Å²) in [6.45, 7) is 4.48. The average molecular weight is 224 g/mol. The molecule has 0 saturated carbocycles. The second-order valence-electron chi connectivity index (χ2n) is 2.70. The van der Waals surface area contributed by atoms with Gasteiger partial charge in [-0.1, -0.05) is 13.8 Å². The van der Waals surface area contributed by atoms with Crippen LogP contribution < -0.4 is 0 Å². The first-order valence-electron chi connectivity index (χ1n) is 3.55. The summed E-state index contributed by atoms with van der Waals surface area (Å²) in [5, 5.41) is 1.35. The molecule has 1 heterocycles. The molecule has 0 bridgehead atoms. The molecule has 1 aliphatic heterocycles. The van der Waals surface area contributed by atoms with E-state index in [0.29, 0.717) is 10.5 Å². The molecular formula is C7H12S4. The molecule has 2 atom stereocenters. The van der Waals surface area contributed by atoms with Crippen LogP contribution >= 0.6 is 48.8 Å². The predicted octanol–water partition coefficient (Wildman–Crippen LogP) is 3.62. The summed E-state index contributed by atoms with van der Waals surface area (Å²) in [6, 6.07) is 0. The summed E-state index contributed by atoms with van der Waals surface area (Å²) in [7, 11) is 0. The standard InChI is InChI=1S/C7H12S4/c1-4-3-5(2)11-7(9)6(8)10-4/h4-5,8-9H,3H2,1-2H3/t4-,5-/m1/s1. The highest BCUT2D eigenvalue weighted by molar-refractivity contribution is 8.22. The van der Waals surface area contributed by atoms with Gasteiger partial charge in [0.05, 0.1) is 8.47 Å². The average Bonchev–Trinajstić information content (AvgIpc) is 1.93. The fourth-order valence-corrected chi connectivity index (χ4v) is 4.59. The lowest BCUT2D eigenvalue weighted by atomic mass is 10.3. The highest BCUT2D eigenvalue weighted by atomic mass is 32.2. The molecule has 0 nitrogen and oxygen atoms in total. The summed E-state index contributed by atoms with van der Waals surface area (Å²) in [5.74, 6) is 0. The van der Waals surface area contributed by atoms with Crippen LogP contribution in [0.1, 0.15) is 20.3 Å². The van der Waals surface area contributed by atoms with Crippen molar-refractivity contribution in [2.75, 3.05) is 0 Å². The number of thioether (sulfide) groups is 2. The van der Waals surface area contributed by atoms with Crippen molar-refractivity contribution < 1.29 is 0 Å². The summed E-state index contributed by atoms with van der Waals surface area (Å²) in [5.41, 5.74) is 0. The maximum absolute atomic E-state index is 4.37. The van der Waals surface area contributed by atoms with Crippen LogP contribution in [0.2, 0.25) is 0 Å². The van der Waals surface area contributed by atoms with Crippen molar-refractivity contribution in [3.8, 4) is 0 Å². The molecule has 0 aromatic rings. The molecule has 64 valence electrons. The minimum absolute atomic E-state index is 0.676. The lowest BCUT2D eigenvalue weighted by molar-refractivity contribution is 0.808. The molecule has 0 N–H and O–H groups in total. The van der Waals surface area contributed by atoms with E-state index in [0.717, 1.165) is 8.47 Å². The van der Waals surface area contributed by atoms with E-state index in [1.165, 1.54) is 6.42 Å². The van der Waals surface area contributed by atoms with Gasteiger partial charge in [0.1, 0.15) is 0 Å². The van der Waals surface area contributed by atoms with Gasteiger partial charge in [0.15, 0.2) is 0 Å². The van der Waals surface area contributed by atoms with Crippen molar-refractivity contribution >= 4 is 48.8 Å². The SMILES string of the molecule is C[C@@H]1C[C@@H](C)SC(S)=C(S)S1. The van der Waals surface area contributed by atoms with E-state index < -0.39 is 0 Å². The minimum atomic E-state index is 0.676. The Bertz CT molecular complexity index is 157. The van der Waals surface area contributed by atoms with Gasteiger partial charge in [-0.15, -0.1) is 48.8 Å². The molecule has 1 rings (SSSR count). The van der Waals surface area contributed by atoms with Gasteiger partial charge in [-0.2, -0.15) is 0 Å². The molecule has 0 aliphatic carbocycles. The number of rotatable bonds is 0. The van der Waals surface area contributed by atoms with Crippen molar-refractivity contribution in [3.05, 3.63) is 8.47 Å². The second kappa shape index (κ2) is 4.40. The van der Waals surface area contributed by atoms with Crippen molar-refractivity contribution in [1.29, 1.82) is 0 Å². The summed E-state index contributed by atoms with van der Waals surface area (Å²) >= 11 is 12.4. The minimum Gasteiger partial charge on any atom is -0.135 e. The fourth-order valence-electron chi connectivity index (χ4n) is 1.05. The van der Waals surface area contributed by atoms with Gasteiger partial charge in [-0.05, 0) is 6.42 Å². The number of hydrogen-bond acceptors (Lipinski definition) is 4. The van der Waals surface area contributed by atoms with Crippen molar-refractivity contribution in [2.45, 2.75) is 30.8 Å². The Morgan fingerprint density at radius 1 is 1.09 bits per heavy atom. The van der Waals surface area contributed by atoms with E-state index in [2.05, 4.69) is 39.1 Å². The van der Waals surface area contributed by atoms with Gasteiger partial charge in [0, 0.05) is 10.5 Å². The molecule has 0 radical (unpaired) electrons. The van der Waals surface area contributed by atoms with Gasteiger partial charge in [-0.25, -0.2) is 0 Å². The van der Waals surface area contributed by atoms with Crippen molar-refractivity contribution in [1.82, 2.24) is 0 Å². The van der Waals surface area contributed by atoms with Crippen LogP contribution in [-0.4, -0.2) is 10.5 Å². The fraction of sp³-hybridized carbons (Fsp3) is 0.714. The predicted molar refractivity (Wildman–Crippen MR) is 63.7 cm³/mol. The van der Waals surface area contributed by atoms with Crippen LogP contribution in [0.3, 0.4) is 0 Å². The van der Waals surface area contributed by atoms with E-state index >= 15 is 0 Å². The summed E-state index contributed by atoms with van der Waals surface area (Å²) < 4.78 is 2.16. The van der Waals surface area contributed by atoms with Crippen molar-refractivity contribution in [2.24, 2.45) is 0 Å². The zero-order chi connectivity index (χ0) is 8.43. The lowest BCUT2D eigenvalue weighted by Gasteiger charge is -2.09. The molecule has 0 aromatic carbocycles. The first-order valence-corrected chi connectivity index (χ1v) is 6.20. The summed E-state index contributed by atoms with van der Waals surface area (Å²) in [6.07, 6.45) is 1.24. The Hall–Kier alpha value is 1.14. The van der Waals surface area contributed by atoms with Crippen LogP contribution in [0.15, 0.2) is 8.47 Å². The van der Waals surface area contributed by atoms with E-state index in [1.807, 2.05) is 23.5 Å². The molecule has 0 unspecified atom stereocenters. The monoisotopic (exact) mass is 224 g/mol. The zero-order valence-electron chi connectivity index (χ0n) is 6.57. The molecule has 0 aromatic heterocycles. The van der Waals surface area contributed by atoms with E-state index in [-0.39, 0.29) is 0 Å². The van der Waals surface area contributed by atoms with Crippen molar-refractivity contribution in [3.63, 3.8) is 0 Å². The third-order valence-corrected chi connectivity index (χ3v) is 5.20. The first-order chi connectivity index (χ1) is 5.09. The largest absolute Gasteiger partial charge is 0.135 e. The lowest BCUT2D eigenvalue weighted by Crippen LogP contribution is -2.03. The second-order valence-corrected chi connectivity index (χ2v) is 7.10. The van der Waals surface area contributed by atoms with E-state index in [9.17, 15) is 0 Å². The van der Waals surface area contributed by atoms with Crippen LogP contribution in [0.5, 0.6) is 0 Å². The van der Waals surface area contributed by atoms with E-state index in [4.69, 9.17) is 0 Å². The third-order valence-electron chi connectivity index (χ3n) is 1.47. The van der Waals surface area contributed by atoms with Crippen LogP contribution in [-0.2, 0) is 0 Å². The Morgan fingerprint density at radius 2 is 1.45 bits per heavy atom. The van der Waals surface area contributed by atoms with Crippen LogP contribution in [0, 0.1) is 0 Å². The maximum atomic E-state index is 4.37. The quantitative estimate of drug-likeness (QED) is 0.603. The topological polar surface area (TPSA) is 0 Å². The maximum Gasteiger partial charge on any atom is 0.0572 e. The highest BCUT2D eigenvalue weighted by Crippen LogP contribution is 2.43. The Kier molecular flexibility index (Phi) is 4.09. The van der Waals surface area contributed by atoms with Gasteiger partial charge in [0.25, 0.3) is 0 Å². The molecule has 4 heteroatoms. The highest BCUT2D eigenvalue weighted by Gasteiger charge is 2.17.